The zero-order valence-corrected chi connectivity index (χ0v) is 16.9. The fraction of sp³-hybridized carbons (Fsp3) is 0.824. The lowest BCUT2D eigenvalue weighted by atomic mass is 10.1. The van der Waals surface area contributed by atoms with Crippen molar-refractivity contribution in [3.05, 3.63) is 0 Å². The molecule has 3 atom stereocenters. The summed E-state index contributed by atoms with van der Waals surface area (Å²) < 4.78 is 4.41. The van der Waals surface area contributed by atoms with Crippen molar-refractivity contribution in [2.45, 2.75) is 66.1 Å². The van der Waals surface area contributed by atoms with Gasteiger partial charge in [0.25, 0.3) is 0 Å². The van der Waals surface area contributed by atoms with E-state index in [4.69, 9.17) is 27.4 Å². The van der Waals surface area contributed by atoms with Crippen molar-refractivity contribution < 1.29 is 29.3 Å². The van der Waals surface area contributed by atoms with Crippen molar-refractivity contribution in [2.24, 2.45) is 35.0 Å². The monoisotopic (exact) mass is 379 g/mol. The Bertz CT molecular complexity index is 413. The first-order valence-corrected chi connectivity index (χ1v) is 8.49. The lowest BCUT2D eigenvalue weighted by Gasteiger charge is -2.11. The molecule has 0 aliphatic rings. The summed E-state index contributed by atoms with van der Waals surface area (Å²) in [6, 6.07) is -1.88. The average Bonchev–Trinajstić information content (AvgIpc) is 2.52. The minimum absolute atomic E-state index is 0.0208. The molecule has 0 radical (unpaired) electrons. The van der Waals surface area contributed by atoms with Gasteiger partial charge in [-0.2, -0.15) is 0 Å². The lowest BCUT2D eigenvalue weighted by Crippen LogP contribution is -2.36. The van der Waals surface area contributed by atoms with Crippen molar-refractivity contribution in [1.29, 1.82) is 0 Å². The topological polar surface area (TPSA) is 179 Å². The van der Waals surface area contributed by atoms with E-state index in [9.17, 15) is 14.4 Å². The molecule has 0 heterocycles. The third-order valence-electron chi connectivity index (χ3n) is 3.24. The highest BCUT2D eigenvalue weighted by molar-refractivity contribution is 5.75. The minimum Gasteiger partial charge on any atom is -0.480 e. The average molecular weight is 379 g/mol. The van der Waals surface area contributed by atoms with E-state index < -0.39 is 30.1 Å². The molecule has 9 nitrogen and oxygen atoms in total. The number of ether oxygens (including phenoxy) is 1. The molecule has 0 amide bonds. The lowest BCUT2D eigenvalue weighted by molar-refractivity contribution is -0.143. The molecule has 156 valence electrons. The molecule has 0 rings (SSSR count). The van der Waals surface area contributed by atoms with Crippen LogP contribution >= 0.6 is 0 Å². The summed E-state index contributed by atoms with van der Waals surface area (Å²) in [6.07, 6.45) is 0.551. The molecule has 0 fully saturated rings. The fourth-order valence-corrected chi connectivity index (χ4v) is 1.30. The molecule has 0 aliphatic carbocycles. The molecule has 0 aliphatic heterocycles. The number of carboxylic acids is 2. The Hall–Kier alpha value is -1.71. The van der Waals surface area contributed by atoms with Gasteiger partial charge >= 0.3 is 17.9 Å². The van der Waals surface area contributed by atoms with Crippen LogP contribution in [0.4, 0.5) is 0 Å². The van der Waals surface area contributed by atoms with Crippen LogP contribution in [0.25, 0.3) is 0 Å². The van der Waals surface area contributed by atoms with Gasteiger partial charge < -0.3 is 32.2 Å². The van der Waals surface area contributed by atoms with Crippen LogP contribution in [0.15, 0.2) is 0 Å². The number of carbonyl (C=O) groups is 3. The molecular weight excluding hydrogens is 342 g/mol. The maximum atomic E-state index is 10.6. The van der Waals surface area contributed by atoms with Gasteiger partial charge in [-0.3, -0.25) is 14.4 Å². The molecule has 0 saturated carbocycles. The van der Waals surface area contributed by atoms with Crippen LogP contribution in [0.3, 0.4) is 0 Å². The number of hydrogen-bond acceptors (Lipinski definition) is 7. The molecule has 26 heavy (non-hydrogen) atoms. The summed E-state index contributed by atoms with van der Waals surface area (Å²) in [5.41, 5.74) is 15.8. The van der Waals surface area contributed by atoms with Crippen molar-refractivity contribution in [3.8, 4) is 0 Å². The van der Waals surface area contributed by atoms with Gasteiger partial charge in [-0.25, -0.2) is 0 Å². The SMILES string of the molecule is CC(C)C[C@H](N)C(=O)O.CC(C)[C@H](N)C(=O)O.COC(=O)[C@@H](N)C(C)C. The van der Waals surface area contributed by atoms with Crippen LogP contribution in [0.2, 0.25) is 0 Å². The zero-order chi connectivity index (χ0) is 21.6. The van der Waals surface area contributed by atoms with Crippen molar-refractivity contribution >= 4 is 17.9 Å². The predicted molar refractivity (Wildman–Crippen MR) is 100 cm³/mol. The minimum atomic E-state index is -0.931. The Balaban J connectivity index is -0.000000306. The maximum absolute atomic E-state index is 10.6. The first-order chi connectivity index (χ1) is 11.7. The van der Waals surface area contributed by atoms with E-state index in [0.717, 1.165) is 0 Å². The fourth-order valence-electron chi connectivity index (χ4n) is 1.30. The van der Waals surface area contributed by atoms with E-state index in [1.807, 2.05) is 27.7 Å². The first kappa shape index (κ1) is 29.1. The number of methoxy groups -OCH3 is 1. The Morgan fingerprint density at radius 2 is 1.19 bits per heavy atom. The third-order valence-corrected chi connectivity index (χ3v) is 3.24. The predicted octanol–water partition coefficient (Wildman–Crippen LogP) is 0.641. The molecular formula is C17H37N3O6. The Morgan fingerprint density at radius 3 is 1.27 bits per heavy atom. The van der Waals surface area contributed by atoms with Gasteiger partial charge in [0.1, 0.15) is 18.1 Å². The largest absolute Gasteiger partial charge is 0.480 e. The van der Waals surface area contributed by atoms with Crippen LogP contribution in [0.1, 0.15) is 48.0 Å². The quantitative estimate of drug-likeness (QED) is 0.397. The van der Waals surface area contributed by atoms with E-state index in [1.54, 1.807) is 13.8 Å². The van der Waals surface area contributed by atoms with Crippen molar-refractivity contribution in [2.75, 3.05) is 7.11 Å². The van der Waals surface area contributed by atoms with Crippen molar-refractivity contribution in [1.82, 2.24) is 0 Å². The zero-order valence-electron chi connectivity index (χ0n) is 16.9. The number of carbonyl (C=O) groups excluding carboxylic acids is 1. The first-order valence-electron chi connectivity index (χ1n) is 8.49. The second-order valence-electron chi connectivity index (χ2n) is 6.98. The number of carboxylic acid groups (broad SMARTS) is 2. The summed E-state index contributed by atoms with van der Waals surface area (Å²) in [4.78, 5) is 30.7. The van der Waals surface area contributed by atoms with Gasteiger partial charge in [-0.05, 0) is 24.2 Å². The maximum Gasteiger partial charge on any atom is 0.322 e. The highest BCUT2D eigenvalue weighted by atomic mass is 16.5. The second-order valence-corrected chi connectivity index (χ2v) is 6.98. The van der Waals surface area contributed by atoms with Gasteiger partial charge in [0.2, 0.25) is 0 Å². The number of aliphatic carboxylic acids is 2. The highest BCUT2D eigenvalue weighted by Gasteiger charge is 2.16. The van der Waals surface area contributed by atoms with E-state index in [2.05, 4.69) is 4.74 Å². The smallest absolute Gasteiger partial charge is 0.322 e. The Labute approximate surface area is 156 Å². The molecule has 0 aromatic rings. The van der Waals surface area contributed by atoms with Crippen LogP contribution in [-0.2, 0) is 19.1 Å². The van der Waals surface area contributed by atoms with E-state index in [-0.39, 0.29) is 17.8 Å². The van der Waals surface area contributed by atoms with Gasteiger partial charge in [-0.15, -0.1) is 0 Å². The number of nitrogens with two attached hydrogens (primary N) is 3. The van der Waals surface area contributed by atoms with E-state index >= 15 is 0 Å². The number of esters is 1. The molecule has 0 saturated heterocycles. The van der Waals surface area contributed by atoms with E-state index in [0.29, 0.717) is 12.3 Å². The molecule has 9 heteroatoms. The third kappa shape index (κ3) is 17.1. The van der Waals surface area contributed by atoms with Gasteiger partial charge in [0.05, 0.1) is 7.11 Å². The van der Waals surface area contributed by atoms with Gasteiger partial charge in [0.15, 0.2) is 0 Å². The van der Waals surface area contributed by atoms with Gasteiger partial charge in [0, 0.05) is 0 Å². The van der Waals surface area contributed by atoms with Crippen LogP contribution < -0.4 is 17.2 Å². The van der Waals surface area contributed by atoms with Gasteiger partial charge in [-0.1, -0.05) is 41.5 Å². The molecule has 0 bridgehead atoms. The normalized spacial score (nSPS) is 13.7. The summed E-state index contributed by atoms with van der Waals surface area (Å²) in [5, 5.41) is 16.5. The standard InChI is InChI=1S/2C6H13NO2.C5H11NO2/c1-4(2)5(7)6(8)9-3;1-4(2)3-5(7)6(8)9;1-3(2)4(6)5(7)8/h4-5H,7H2,1-3H3;4-5H,3,7H2,1-2H3,(H,8,9);3-4H,6H2,1-2H3,(H,7,8)/t2*5-;4-/m000/s1. The Kier molecular flexibility index (Phi) is 17.4. The molecule has 0 aromatic carbocycles. The second kappa shape index (κ2) is 15.5. The number of rotatable bonds is 7. The Morgan fingerprint density at radius 1 is 0.808 bits per heavy atom. The molecule has 8 N–H and O–H groups in total. The highest BCUT2D eigenvalue weighted by Crippen LogP contribution is 2.01. The molecule has 0 aromatic heterocycles. The van der Waals surface area contributed by atoms with Crippen LogP contribution in [0, 0.1) is 17.8 Å². The summed E-state index contributed by atoms with van der Waals surface area (Å²) in [6.45, 7) is 11.2. The number of hydrogen-bond donors (Lipinski definition) is 5. The van der Waals surface area contributed by atoms with E-state index in [1.165, 1.54) is 7.11 Å². The summed E-state index contributed by atoms with van der Waals surface area (Å²) >= 11 is 0. The molecule has 0 spiro atoms. The summed E-state index contributed by atoms with van der Waals surface area (Å²) in [7, 11) is 1.34. The van der Waals surface area contributed by atoms with Crippen LogP contribution in [-0.4, -0.2) is 53.4 Å². The van der Waals surface area contributed by atoms with Crippen molar-refractivity contribution in [3.63, 3.8) is 0 Å². The van der Waals surface area contributed by atoms with Crippen LogP contribution in [0.5, 0.6) is 0 Å². The summed E-state index contributed by atoms with van der Waals surface area (Å²) in [5.74, 6) is -1.66. The molecule has 0 unspecified atom stereocenters.